The van der Waals surface area contributed by atoms with Crippen molar-refractivity contribution < 1.29 is 4.79 Å². The van der Waals surface area contributed by atoms with E-state index in [-0.39, 0.29) is 11.3 Å². The van der Waals surface area contributed by atoms with Gasteiger partial charge < -0.3 is 5.32 Å². The predicted octanol–water partition coefficient (Wildman–Crippen LogP) is 2.73. The SMILES string of the molecule is CCC(C)NC(=O)C(C)(CC)CC. The average Bonchev–Trinajstić information content (AvgIpc) is 2.16. The Labute approximate surface area is 82.1 Å². The van der Waals surface area contributed by atoms with Gasteiger partial charge >= 0.3 is 0 Å². The van der Waals surface area contributed by atoms with Crippen molar-refractivity contribution in [2.24, 2.45) is 5.41 Å². The Balaban J connectivity index is 4.22. The molecule has 1 unspecified atom stereocenters. The highest BCUT2D eigenvalue weighted by molar-refractivity contribution is 5.82. The highest BCUT2D eigenvalue weighted by Gasteiger charge is 2.29. The molecule has 0 aliphatic carbocycles. The number of hydrogen-bond donors (Lipinski definition) is 1. The van der Waals surface area contributed by atoms with Gasteiger partial charge in [-0.1, -0.05) is 27.7 Å². The number of rotatable bonds is 5. The van der Waals surface area contributed by atoms with Crippen LogP contribution in [0.25, 0.3) is 0 Å². The summed E-state index contributed by atoms with van der Waals surface area (Å²) in [4.78, 5) is 11.8. The molecule has 0 aliphatic rings. The van der Waals surface area contributed by atoms with Crippen LogP contribution >= 0.6 is 0 Å². The van der Waals surface area contributed by atoms with Crippen LogP contribution in [0.15, 0.2) is 0 Å². The summed E-state index contributed by atoms with van der Waals surface area (Å²) in [6.45, 7) is 10.3. The second kappa shape index (κ2) is 5.25. The van der Waals surface area contributed by atoms with Gasteiger partial charge in [0.1, 0.15) is 0 Å². The molecule has 0 rings (SSSR count). The van der Waals surface area contributed by atoms with Crippen molar-refractivity contribution in [3.63, 3.8) is 0 Å². The fourth-order valence-electron chi connectivity index (χ4n) is 1.07. The Morgan fingerprint density at radius 3 is 2.08 bits per heavy atom. The van der Waals surface area contributed by atoms with Gasteiger partial charge in [-0.05, 0) is 26.2 Å². The Morgan fingerprint density at radius 1 is 1.31 bits per heavy atom. The van der Waals surface area contributed by atoms with Crippen molar-refractivity contribution in [1.82, 2.24) is 5.32 Å². The van der Waals surface area contributed by atoms with E-state index in [0.29, 0.717) is 6.04 Å². The van der Waals surface area contributed by atoms with Gasteiger partial charge in [0.2, 0.25) is 5.91 Å². The predicted molar refractivity (Wildman–Crippen MR) is 56.6 cm³/mol. The van der Waals surface area contributed by atoms with Crippen LogP contribution in [0, 0.1) is 5.41 Å². The largest absolute Gasteiger partial charge is 0.353 e. The molecule has 0 heterocycles. The third-order valence-electron chi connectivity index (χ3n) is 3.10. The fourth-order valence-corrected chi connectivity index (χ4v) is 1.07. The van der Waals surface area contributed by atoms with Gasteiger partial charge in [-0.15, -0.1) is 0 Å². The molecule has 78 valence electrons. The van der Waals surface area contributed by atoms with E-state index in [1.54, 1.807) is 0 Å². The topological polar surface area (TPSA) is 29.1 Å². The molecule has 2 nitrogen and oxygen atoms in total. The second-order valence-electron chi connectivity index (χ2n) is 4.05. The third kappa shape index (κ3) is 3.37. The van der Waals surface area contributed by atoms with E-state index in [0.717, 1.165) is 19.3 Å². The van der Waals surface area contributed by atoms with Gasteiger partial charge in [0, 0.05) is 11.5 Å². The Morgan fingerprint density at radius 2 is 1.77 bits per heavy atom. The van der Waals surface area contributed by atoms with Crippen molar-refractivity contribution in [3.8, 4) is 0 Å². The van der Waals surface area contributed by atoms with E-state index < -0.39 is 0 Å². The highest BCUT2D eigenvalue weighted by Crippen LogP contribution is 2.25. The van der Waals surface area contributed by atoms with E-state index >= 15 is 0 Å². The first-order valence-corrected chi connectivity index (χ1v) is 5.31. The summed E-state index contributed by atoms with van der Waals surface area (Å²) in [5.74, 6) is 0.201. The van der Waals surface area contributed by atoms with Crippen LogP contribution in [0.2, 0.25) is 0 Å². The summed E-state index contributed by atoms with van der Waals surface area (Å²) >= 11 is 0. The molecule has 0 fully saturated rings. The third-order valence-corrected chi connectivity index (χ3v) is 3.10. The molecule has 0 saturated heterocycles. The number of amides is 1. The normalized spacial score (nSPS) is 13.9. The van der Waals surface area contributed by atoms with Gasteiger partial charge in [0.25, 0.3) is 0 Å². The molecule has 1 N–H and O–H groups in total. The first-order valence-electron chi connectivity index (χ1n) is 5.31. The molecule has 2 heteroatoms. The number of carbonyl (C=O) groups is 1. The maximum atomic E-state index is 11.8. The Hall–Kier alpha value is -0.530. The molecule has 13 heavy (non-hydrogen) atoms. The van der Waals surface area contributed by atoms with Crippen molar-refractivity contribution in [2.45, 2.75) is 59.9 Å². The summed E-state index contributed by atoms with van der Waals surface area (Å²) in [6.07, 6.45) is 2.81. The molecular formula is C11H23NO. The maximum absolute atomic E-state index is 11.8. The minimum Gasteiger partial charge on any atom is -0.353 e. The molecule has 0 aromatic rings. The Kier molecular flexibility index (Phi) is 5.04. The zero-order chi connectivity index (χ0) is 10.5. The smallest absolute Gasteiger partial charge is 0.226 e. The first-order chi connectivity index (χ1) is 6.00. The monoisotopic (exact) mass is 185 g/mol. The molecule has 0 saturated carbocycles. The summed E-state index contributed by atoms with van der Waals surface area (Å²) in [7, 11) is 0. The first kappa shape index (κ1) is 12.5. The molecule has 1 amide bonds. The quantitative estimate of drug-likeness (QED) is 0.701. The van der Waals surface area contributed by atoms with Crippen molar-refractivity contribution >= 4 is 5.91 Å². The summed E-state index contributed by atoms with van der Waals surface area (Å²) in [5.41, 5.74) is -0.177. The van der Waals surface area contributed by atoms with E-state index in [1.165, 1.54) is 0 Å². The highest BCUT2D eigenvalue weighted by atomic mass is 16.2. The lowest BCUT2D eigenvalue weighted by Gasteiger charge is -2.27. The standard InChI is InChI=1S/C11H23NO/c1-6-9(4)12-10(13)11(5,7-2)8-3/h9H,6-8H2,1-5H3,(H,12,13). The van der Waals surface area contributed by atoms with E-state index in [2.05, 4.69) is 26.1 Å². The van der Waals surface area contributed by atoms with Gasteiger partial charge in [0.15, 0.2) is 0 Å². The van der Waals surface area contributed by atoms with E-state index in [4.69, 9.17) is 0 Å². The average molecular weight is 185 g/mol. The molecule has 0 bridgehead atoms. The summed E-state index contributed by atoms with van der Waals surface area (Å²) in [6, 6.07) is 0.296. The molecular weight excluding hydrogens is 162 g/mol. The lowest BCUT2D eigenvalue weighted by Crippen LogP contribution is -2.42. The van der Waals surface area contributed by atoms with Gasteiger partial charge in [0.05, 0.1) is 0 Å². The zero-order valence-corrected chi connectivity index (χ0v) is 9.61. The van der Waals surface area contributed by atoms with Gasteiger partial charge in [-0.2, -0.15) is 0 Å². The molecule has 0 aromatic heterocycles. The summed E-state index contributed by atoms with van der Waals surface area (Å²) in [5, 5.41) is 3.03. The molecule has 0 spiro atoms. The fraction of sp³-hybridized carbons (Fsp3) is 0.909. The minimum atomic E-state index is -0.177. The van der Waals surface area contributed by atoms with Crippen LogP contribution in [-0.4, -0.2) is 11.9 Å². The van der Waals surface area contributed by atoms with Crippen LogP contribution < -0.4 is 5.32 Å². The van der Waals surface area contributed by atoms with Crippen LogP contribution in [-0.2, 0) is 4.79 Å². The van der Waals surface area contributed by atoms with Crippen LogP contribution in [0.4, 0.5) is 0 Å². The molecule has 0 radical (unpaired) electrons. The summed E-state index contributed by atoms with van der Waals surface area (Å²) < 4.78 is 0. The van der Waals surface area contributed by atoms with Crippen LogP contribution in [0.3, 0.4) is 0 Å². The Bertz CT molecular complexity index is 161. The number of carbonyl (C=O) groups excluding carboxylic acids is 1. The van der Waals surface area contributed by atoms with E-state index in [1.807, 2.05) is 13.8 Å². The molecule has 0 aromatic carbocycles. The molecule has 1 atom stereocenters. The minimum absolute atomic E-state index is 0.177. The van der Waals surface area contributed by atoms with Crippen molar-refractivity contribution in [3.05, 3.63) is 0 Å². The van der Waals surface area contributed by atoms with Crippen molar-refractivity contribution in [2.75, 3.05) is 0 Å². The number of hydrogen-bond acceptors (Lipinski definition) is 1. The second-order valence-corrected chi connectivity index (χ2v) is 4.05. The lowest BCUT2D eigenvalue weighted by atomic mass is 9.83. The zero-order valence-electron chi connectivity index (χ0n) is 9.61. The van der Waals surface area contributed by atoms with Crippen LogP contribution in [0.1, 0.15) is 53.9 Å². The van der Waals surface area contributed by atoms with Crippen molar-refractivity contribution in [1.29, 1.82) is 0 Å². The van der Waals surface area contributed by atoms with Gasteiger partial charge in [-0.25, -0.2) is 0 Å². The lowest BCUT2D eigenvalue weighted by molar-refractivity contribution is -0.131. The molecule has 0 aliphatic heterocycles. The maximum Gasteiger partial charge on any atom is 0.226 e. The van der Waals surface area contributed by atoms with E-state index in [9.17, 15) is 4.79 Å². The van der Waals surface area contributed by atoms with Gasteiger partial charge in [-0.3, -0.25) is 4.79 Å². The number of nitrogens with one attached hydrogen (secondary N) is 1. The van der Waals surface area contributed by atoms with Crippen LogP contribution in [0.5, 0.6) is 0 Å².